The molecule has 3 N–H and O–H groups in total. The Morgan fingerprint density at radius 2 is 1.47 bits per heavy atom. The first kappa shape index (κ1) is 23.2. The molecule has 0 saturated carbocycles. The van der Waals surface area contributed by atoms with Crippen molar-refractivity contribution in [2.45, 2.75) is 38.0 Å². The van der Waals surface area contributed by atoms with E-state index < -0.39 is 17.7 Å². The number of alkyl carbamates (subject to hydrolysis) is 1. The number of hydrogen-bond acceptors (Lipinski definition) is 6. The van der Waals surface area contributed by atoms with Crippen molar-refractivity contribution < 1.29 is 13.9 Å². The lowest BCUT2D eigenvalue weighted by atomic mass is 9.94. The molecule has 0 unspecified atom stereocenters. The summed E-state index contributed by atoms with van der Waals surface area (Å²) in [4.78, 5) is 12.6. The minimum atomic E-state index is -0.863. The fourth-order valence-electron chi connectivity index (χ4n) is 3.66. The van der Waals surface area contributed by atoms with Crippen molar-refractivity contribution in [2.75, 3.05) is 0 Å². The van der Waals surface area contributed by atoms with Crippen LogP contribution in [0.5, 0.6) is 0 Å². The van der Waals surface area contributed by atoms with E-state index in [0.29, 0.717) is 18.7 Å². The molecule has 2 atom stereocenters. The molecule has 0 aliphatic carbocycles. The van der Waals surface area contributed by atoms with Crippen LogP contribution < -0.4 is 11.1 Å². The number of ether oxygens (including phenoxy) is 1. The van der Waals surface area contributed by atoms with Crippen molar-refractivity contribution >= 4 is 6.09 Å². The zero-order valence-corrected chi connectivity index (χ0v) is 19.1. The standard InChI is InChI=1S/C27H28N4O3/c1-27(28,18-21-13-7-3-8-14-21)25-31-30-24(34-25)23(17-20-11-5-2-6-12-20)29-26(32)33-19-22-15-9-4-10-16-22/h2-16,23H,17-19,28H2,1H3,(H,29,32)/t23-,27+/m0/s1. The molecule has 4 rings (SSSR count). The minimum Gasteiger partial charge on any atom is -0.445 e. The topological polar surface area (TPSA) is 103 Å². The maximum Gasteiger partial charge on any atom is 0.408 e. The molecule has 1 heterocycles. The summed E-state index contributed by atoms with van der Waals surface area (Å²) < 4.78 is 11.4. The quantitative estimate of drug-likeness (QED) is 0.379. The third-order valence-electron chi connectivity index (χ3n) is 5.43. The Hall–Kier alpha value is -3.97. The number of nitrogens with one attached hydrogen (secondary N) is 1. The van der Waals surface area contributed by atoms with E-state index >= 15 is 0 Å². The van der Waals surface area contributed by atoms with Gasteiger partial charge in [-0.3, -0.25) is 0 Å². The smallest absolute Gasteiger partial charge is 0.408 e. The molecule has 0 saturated heterocycles. The van der Waals surface area contributed by atoms with Crippen LogP contribution in [0.25, 0.3) is 0 Å². The maximum atomic E-state index is 12.6. The van der Waals surface area contributed by atoms with Gasteiger partial charge in [0.15, 0.2) is 0 Å². The highest BCUT2D eigenvalue weighted by atomic mass is 16.5. The molecule has 1 aromatic heterocycles. The summed E-state index contributed by atoms with van der Waals surface area (Å²) >= 11 is 0. The molecule has 0 aliphatic rings. The van der Waals surface area contributed by atoms with E-state index in [1.165, 1.54) is 0 Å². The van der Waals surface area contributed by atoms with Gasteiger partial charge in [-0.2, -0.15) is 0 Å². The van der Waals surface area contributed by atoms with Crippen LogP contribution in [0.2, 0.25) is 0 Å². The van der Waals surface area contributed by atoms with E-state index in [0.717, 1.165) is 16.7 Å². The second-order valence-corrected chi connectivity index (χ2v) is 8.47. The third kappa shape index (κ3) is 6.30. The Kier molecular flexibility index (Phi) is 7.34. The molecule has 7 nitrogen and oxygen atoms in total. The fourth-order valence-corrected chi connectivity index (χ4v) is 3.66. The summed E-state index contributed by atoms with van der Waals surface area (Å²) in [5, 5.41) is 11.3. The summed E-state index contributed by atoms with van der Waals surface area (Å²) in [5.41, 5.74) is 8.65. The summed E-state index contributed by atoms with van der Waals surface area (Å²) in [6, 6.07) is 28.6. The molecular weight excluding hydrogens is 428 g/mol. The first-order valence-corrected chi connectivity index (χ1v) is 11.2. The van der Waals surface area contributed by atoms with Gasteiger partial charge in [0.2, 0.25) is 11.8 Å². The van der Waals surface area contributed by atoms with E-state index in [4.69, 9.17) is 14.9 Å². The molecular formula is C27H28N4O3. The third-order valence-corrected chi connectivity index (χ3v) is 5.43. The number of hydrogen-bond donors (Lipinski definition) is 2. The summed E-state index contributed by atoms with van der Waals surface area (Å²) in [6.45, 7) is 2.02. The Bertz CT molecular complexity index is 1180. The van der Waals surface area contributed by atoms with Crippen LogP contribution >= 0.6 is 0 Å². The van der Waals surface area contributed by atoms with Crippen LogP contribution in [0, 0.1) is 0 Å². The molecule has 7 heteroatoms. The molecule has 0 fully saturated rings. The molecule has 0 radical (unpaired) electrons. The lowest BCUT2D eigenvalue weighted by molar-refractivity contribution is 0.133. The van der Waals surface area contributed by atoms with Crippen molar-refractivity contribution in [3.05, 3.63) is 119 Å². The SMILES string of the molecule is C[C@@](N)(Cc1ccccc1)c1nnc([C@H](Cc2ccccc2)NC(=O)OCc2ccccc2)o1. The molecule has 0 aliphatic heterocycles. The average molecular weight is 457 g/mol. The molecule has 4 aromatic rings. The highest BCUT2D eigenvalue weighted by Crippen LogP contribution is 2.25. The van der Waals surface area contributed by atoms with Crippen LogP contribution in [0.4, 0.5) is 4.79 Å². The Labute approximate surface area is 199 Å². The lowest BCUT2D eigenvalue weighted by Crippen LogP contribution is -2.36. The van der Waals surface area contributed by atoms with Gasteiger partial charge in [0.25, 0.3) is 0 Å². The number of benzene rings is 3. The van der Waals surface area contributed by atoms with Crippen LogP contribution in [0.1, 0.15) is 41.4 Å². The van der Waals surface area contributed by atoms with Gasteiger partial charge in [0, 0.05) is 6.42 Å². The number of nitrogens with two attached hydrogens (primary N) is 1. The summed E-state index contributed by atoms with van der Waals surface area (Å²) in [5.74, 6) is 0.587. The second kappa shape index (κ2) is 10.8. The highest BCUT2D eigenvalue weighted by molar-refractivity contribution is 5.67. The molecule has 3 aromatic carbocycles. The highest BCUT2D eigenvalue weighted by Gasteiger charge is 2.31. The zero-order valence-electron chi connectivity index (χ0n) is 19.1. The maximum absolute atomic E-state index is 12.6. The minimum absolute atomic E-state index is 0.164. The number of carbonyl (C=O) groups is 1. The monoisotopic (exact) mass is 456 g/mol. The van der Waals surface area contributed by atoms with Crippen molar-refractivity contribution in [1.82, 2.24) is 15.5 Å². The van der Waals surface area contributed by atoms with Crippen molar-refractivity contribution in [1.29, 1.82) is 0 Å². The molecule has 34 heavy (non-hydrogen) atoms. The van der Waals surface area contributed by atoms with Gasteiger partial charge in [0.1, 0.15) is 12.6 Å². The van der Waals surface area contributed by atoms with Gasteiger partial charge in [0.05, 0.1) is 5.54 Å². The van der Waals surface area contributed by atoms with E-state index in [9.17, 15) is 4.79 Å². The summed E-state index contributed by atoms with van der Waals surface area (Å²) in [7, 11) is 0. The van der Waals surface area contributed by atoms with E-state index in [2.05, 4.69) is 15.5 Å². The van der Waals surface area contributed by atoms with Crippen LogP contribution in [-0.2, 0) is 29.7 Å². The largest absolute Gasteiger partial charge is 0.445 e. The van der Waals surface area contributed by atoms with Gasteiger partial charge < -0.3 is 20.2 Å². The predicted octanol–water partition coefficient (Wildman–Crippen LogP) is 4.70. The number of amides is 1. The van der Waals surface area contributed by atoms with E-state index in [-0.39, 0.29) is 12.5 Å². The normalized spacial score (nSPS) is 13.6. The molecule has 0 bridgehead atoms. The van der Waals surface area contributed by atoms with Crippen molar-refractivity contribution in [3.8, 4) is 0 Å². The summed E-state index contributed by atoms with van der Waals surface area (Å²) in [6.07, 6.45) is 0.429. The van der Waals surface area contributed by atoms with Gasteiger partial charge in [-0.1, -0.05) is 91.0 Å². The Balaban J connectivity index is 1.49. The second-order valence-electron chi connectivity index (χ2n) is 8.47. The van der Waals surface area contributed by atoms with Gasteiger partial charge in [-0.05, 0) is 30.0 Å². The van der Waals surface area contributed by atoms with Gasteiger partial charge in [-0.25, -0.2) is 4.79 Å². The van der Waals surface area contributed by atoms with E-state index in [1.807, 2.05) is 97.9 Å². The Morgan fingerprint density at radius 1 is 0.912 bits per heavy atom. The average Bonchev–Trinajstić information content (AvgIpc) is 3.36. The molecule has 1 amide bonds. The molecule has 174 valence electrons. The zero-order chi connectivity index (χ0) is 23.8. The van der Waals surface area contributed by atoms with Gasteiger partial charge >= 0.3 is 6.09 Å². The van der Waals surface area contributed by atoms with Crippen LogP contribution in [0.15, 0.2) is 95.4 Å². The first-order chi connectivity index (χ1) is 16.5. The van der Waals surface area contributed by atoms with Gasteiger partial charge in [-0.15, -0.1) is 10.2 Å². The number of aromatic nitrogens is 2. The predicted molar refractivity (Wildman–Crippen MR) is 129 cm³/mol. The Morgan fingerprint density at radius 3 is 2.09 bits per heavy atom. The van der Waals surface area contributed by atoms with Crippen molar-refractivity contribution in [2.24, 2.45) is 5.73 Å². The number of rotatable bonds is 9. The van der Waals surface area contributed by atoms with Crippen LogP contribution in [0.3, 0.4) is 0 Å². The first-order valence-electron chi connectivity index (χ1n) is 11.2. The van der Waals surface area contributed by atoms with Crippen molar-refractivity contribution in [3.63, 3.8) is 0 Å². The number of nitrogens with zero attached hydrogens (tertiary/aromatic N) is 2. The van der Waals surface area contributed by atoms with E-state index in [1.54, 1.807) is 0 Å². The lowest BCUT2D eigenvalue weighted by Gasteiger charge is -2.20. The molecule has 0 spiro atoms. The fraction of sp³-hybridized carbons (Fsp3) is 0.222. The number of carbonyl (C=O) groups excluding carboxylic acids is 1. The van der Waals surface area contributed by atoms with Crippen LogP contribution in [-0.4, -0.2) is 16.3 Å².